The van der Waals surface area contributed by atoms with E-state index in [1.54, 1.807) is 0 Å². The molecule has 2 aliphatic heterocycles. The first-order valence-electron chi connectivity index (χ1n) is 19.5. The van der Waals surface area contributed by atoms with Gasteiger partial charge in [0.05, 0.1) is 6.54 Å². The van der Waals surface area contributed by atoms with E-state index in [4.69, 9.17) is 10.2 Å². The van der Waals surface area contributed by atoms with Crippen LogP contribution in [-0.4, -0.2) is 144 Å². The van der Waals surface area contributed by atoms with Crippen LogP contribution < -0.4 is 31.9 Å². The maximum Gasteiger partial charge on any atom is 0.326 e. The minimum Gasteiger partial charge on any atom is -0.480 e. The zero-order chi connectivity index (χ0) is 45.2. The van der Waals surface area contributed by atoms with Gasteiger partial charge in [0.2, 0.25) is 17.7 Å². The third-order valence-corrected chi connectivity index (χ3v) is 17.5. The molecule has 0 radical (unpaired) electrons. The SMILES string of the molecule is O=C(O)CNC(=O)C(NC(=O)CC[C@H](NC(=O)CCCCC1CCSS1)C(=O)O)SS[C@H](NC(=O)CC[C@H](NCC(=O)CCCCC1CCSS1)C(=O)O)C(=O)NCC(=O)O. The number of carbonyl (C=O) groups excluding carboxylic acids is 6. The Morgan fingerprint density at radius 2 is 0.984 bits per heavy atom. The van der Waals surface area contributed by atoms with Crippen molar-refractivity contribution >= 4 is 124 Å². The van der Waals surface area contributed by atoms with Gasteiger partial charge in [0.1, 0.15) is 31.0 Å². The number of Topliss-reactive ketones (excluding diaryl/α,β-unsaturated/α-hetero) is 1. The molecule has 3 unspecified atom stereocenters. The average molecular weight is 975 g/mol. The molecule has 2 saturated heterocycles. The molecule has 2 aliphatic rings. The number of rotatable bonds is 33. The van der Waals surface area contributed by atoms with Crippen LogP contribution in [0.25, 0.3) is 0 Å². The van der Waals surface area contributed by atoms with Crippen LogP contribution in [0.2, 0.25) is 0 Å². The lowest BCUT2D eigenvalue weighted by atomic mass is 10.1. The van der Waals surface area contributed by atoms with Crippen LogP contribution in [0.1, 0.15) is 89.9 Å². The number of hydrogen-bond acceptors (Lipinski definition) is 17. The average Bonchev–Trinajstić information content (AvgIpc) is 3.94. The first-order chi connectivity index (χ1) is 29.0. The van der Waals surface area contributed by atoms with Gasteiger partial charge < -0.3 is 47.0 Å². The lowest BCUT2D eigenvalue weighted by Crippen LogP contribution is -2.48. The summed E-state index contributed by atoms with van der Waals surface area (Å²) in [5.74, 6) is -7.95. The Hall–Kier alpha value is -3.04. The van der Waals surface area contributed by atoms with Crippen LogP contribution in [0.15, 0.2) is 0 Å². The van der Waals surface area contributed by atoms with Gasteiger partial charge in [-0.15, -0.1) is 0 Å². The number of unbranched alkanes of at least 4 members (excludes halogenated alkanes) is 2. The van der Waals surface area contributed by atoms with Crippen molar-refractivity contribution < 1.29 is 68.4 Å². The Labute approximate surface area is 376 Å². The molecule has 2 heterocycles. The summed E-state index contributed by atoms with van der Waals surface area (Å²) in [6.45, 7) is -1.97. The van der Waals surface area contributed by atoms with Gasteiger partial charge in [-0.3, -0.25) is 48.5 Å². The van der Waals surface area contributed by atoms with Crippen molar-refractivity contribution in [3.05, 3.63) is 0 Å². The van der Waals surface area contributed by atoms with E-state index in [1.165, 1.54) is 0 Å². The van der Waals surface area contributed by atoms with Gasteiger partial charge in [0, 0.05) is 47.7 Å². The van der Waals surface area contributed by atoms with Crippen LogP contribution in [0.5, 0.6) is 0 Å². The maximum absolute atomic E-state index is 13.0. The number of carbonyl (C=O) groups is 10. The van der Waals surface area contributed by atoms with Gasteiger partial charge in [-0.1, -0.05) is 77.6 Å². The number of nitrogens with one attached hydrogen (secondary N) is 6. The quantitative estimate of drug-likeness (QED) is 0.0255. The highest BCUT2D eigenvalue weighted by molar-refractivity contribution is 8.78. The normalized spacial score (nSPS) is 17.8. The molecule has 2 rings (SSSR count). The minimum absolute atomic E-state index is 0.0925. The summed E-state index contributed by atoms with van der Waals surface area (Å²) in [6, 6.07) is -2.75. The second-order valence-electron chi connectivity index (χ2n) is 13.8. The van der Waals surface area contributed by atoms with Crippen LogP contribution in [0.4, 0.5) is 0 Å². The fraction of sp³-hybridized carbons (Fsp3) is 0.714. The van der Waals surface area contributed by atoms with E-state index in [0.717, 1.165) is 50.0 Å². The number of carboxylic acid groups (broad SMARTS) is 4. The van der Waals surface area contributed by atoms with Crippen LogP contribution in [0, 0.1) is 0 Å². The summed E-state index contributed by atoms with van der Waals surface area (Å²) < 4.78 is 0. The van der Waals surface area contributed by atoms with E-state index in [-0.39, 0.29) is 38.0 Å². The molecular formula is C35H54N6O14S6. The minimum atomic E-state index is -1.64. The molecule has 0 aromatic carbocycles. The zero-order valence-electron chi connectivity index (χ0n) is 33.2. The molecule has 344 valence electrons. The number of ketones is 1. The van der Waals surface area contributed by atoms with Crippen molar-refractivity contribution in [1.29, 1.82) is 0 Å². The molecule has 2 fully saturated rings. The highest BCUT2D eigenvalue weighted by Crippen LogP contribution is 2.40. The number of aliphatic carboxylic acids is 4. The number of hydrogen-bond donors (Lipinski definition) is 10. The Morgan fingerprint density at radius 1 is 0.541 bits per heavy atom. The number of carboxylic acids is 4. The molecule has 0 spiro atoms. The Bertz CT molecular complexity index is 1520. The van der Waals surface area contributed by atoms with E-state index >= 15 is 0 Å². The molecule has 26 heteroatoms. The molecule has 0 bridgehead atoms. The van der Waals surface area contributed by atoms with Crippen molar-refractivity contribution in [2.24, 2.45) is 0 Å². The van der Waals surface area contributed by atoms with Gasteiger partial charge in [-0.2, -0.15) is 0 Å². The molecule has 0 aromatic heterocycles. The van der Waals surface area contributed by atoms with E-state index in [0.29, 0.717) is 44.9 Å². The van der Waals surface area contributed by atoms with Crippen molar-refractivity contribution in [2.75, 3.05) is 31.1 Å². The topological polar surface area (TPSA) is 324 Å². The molecule has 61 heavy (non-hydrogen) atoms. The molecule has 0 aliphatic carbocycles. The standard InChI is InChI=1S/C35H54N6O14S6/c42-20(5-1-2-6-21-13-15-56-58-21)17-36-23(34(52)53)9-11-26(44)40-32(30(50)37-18-28(46)47)60-61-33(31(51)38-19-29(48)49)41-27(45)12-10-24(35(54)55)39-25(43)8-4-3-7-22-14-16-57-59-22/h21-24,32-33,36H,1-19H2,(H,37,50)(H,38,51)(H,39,43)(H,40,44)(H,41,45)(H,46,47)(H,48,49)(H,52,53)(H,54,55)/t21?,22?,23-,24-,32-,33?/m0/s1. The Kier molecular flexibility index (Phi) is 27.4. The molecule has 10 N–H and O–H groups in total. The van der Waals surface area contributed by atoms with Gasteiger partial charge in [-0.25, -0.2) is 4.79 Å². The van der Waals surface area contributed by atoms with E-state index in [2.05, 4.69) is 31.9 Å². The van der Waals surface area contributed by atoms with Crippen molar-refractivity contribution in [3.8, 4) is 0 Å². The summed E-state index contributed by atoms with van der Waals surface area (Å²) in [5.41, 5.74) is 0. The molecular weight excluding hydrogens is 921 g/mol. The van der Waals surface area contributed by atoms with E-state index < -0.39 is 102 Å². The van der Waals surface area contributed by atoms with Crippen LogP contribution >= 0.6 is 64.8 Å². The fourth-order valence-electron chi connectivity index (χ4n) is 5.52. The summed E-state index contributed by atoms with van der Waals surface area (Å²) in [4.78, 5) is 123. The second kappa shape index (κ2) is 30.9. The smallest absolute Gasteiger partial charge is 0.326 e. The van der Waals surface area contributed by atoms with Crippen molar-refractivity contribution in [1.82, 2.24) is 31.9 Å². The van der Waals surface area contributed by atoms with Gasteiger partial charge >= 0.3 is 23.9 Å². The van der Waals surface area contributed by atoms with Crippen LogP contribution in [0.3, 0.4) is 0 Å². The summed E-state index contributed by atoms with van der Waals surface area (Å²) in [5, 5.41) is 49.1. The van der Waals surface area contributed by atoms with Crippen LogP contribution in [-0.2, 0) is 47.9 Å². The van der Waals surface area contributed by atoms with Gasteiger partial charge in [-0.05, 0) is 51.4 Å². The first kappa shape index (κ1) is 54.1. The van der Waals surface area contributed by atoms with Gasteiger partial charge in [0.15, 0.2) is 10.7 Å². The number of amides is 5. The molecule has 0 aromatic rings. The summed E-state index contributed by atoms with van der Waals surface area (Å²) in [7, 11) is 8.26. The summed E-state index contributed by atoms with van der Waals surface area (Å²) in [6.07, 6.45) is 5.77. The molecule has 0 saturated carbocycles. The zero-order valence-corrected chi connectivity index (χ0v) is 38.1. The summed E-state index contributed by atoms with van der Waals surface area (Å²) >= 11 is 0. The lowest BCUT2D eigenvalue weighted by Gasteiger charge is -2.22. The Balaban J connectivity index is 1.97. The first-order valence-corrected chi connectivity index (χ1v) is 26.5. The van der Waals surface area contributed by atoms with Gasteiger partial charge in [0.25, 0.3) is 11.8 Å². The third kappa shape index (κ3) is 25.0. The highest BCUT2D eigenvalue weighted by Gasteiger charge is 2.30. The van der Waals surface area contributed by atoms with E-state index in [9.17, 15) is 58.2 Å². The Morgan fingerprint density at radius 3 is 1.41 bits per heavy atom. The second-order valence-corrected chi connectivity index (χ2v) is 21.9. The lowest BCUT2D eigenvalue weighted by molar-refractivity contribution is -0.142. The predicted molar refractivity (Wildman–Crippen MR) is 237 cm³/mol. The monoisotopic (exact) mass is 974 g/mol. The van der Waals surface area contributed by atoms with E-state index in [1.807, 2.05) is 43.2 Å². The third-order valence-electron chi connectivity index (χ3n) is 8.80. The largest absolute Gasteiger partial charge is 0.480 e. The molecule has 6 atom stereocenters. The maximum atomic E-state index is 13.0. The fourth-order valence-corrected chi connectivity index (χ4v) is 14.0. The van der Waals surface area contributed by atoms with Crippen molar-refractivity contribution in [2.45, 2.75) is 123 Å². The highest BCUT2D eigenvalue weighted by atomic mass is 33.1. The molecule has 5 amide bonds. The molecule has 20 nitrogen and oxygen atoms in total. The predicted octanol–water partition coefficient (Wildman–Crippen LogP) is 1.82. The van der Waals surface area contributed by atoms with Crippen molar-refractivity contribution in [3.63, 3.8) is 0 Å².